The number of hydrogen-bond donors (Lipinski definition) is 1. The Morgan fingerprint density at radius 2 is 2.56 bits per heavy atom. The second-order valence-electron chi connectivity index (χ2n) is 2.27. The Morgan fingerprint density at radius 3 is 3.00 bits per heavy atom. The molecule has 2 nitrogen and oxygen atoms in total. The highest BCUT2D eigenvalue weighted by Gasteiger charge is 2.07. The molecular formula is C6H11NOS. The molecule has 9 heavy (non-hydrogen) atoms. The molecule has 0 atom stereocenters. The van der Waals surface area contributed by atoms with Gasteiger partial charge in [-0.25, -0.2) is 4.31 Å². The van der Waals surface area contributed by atoms with Crippen molar-refractivity contribution in [3.8, 4) is 0 Å². The van der Waals surface area contributed by atoms with Crippen LogP contribution in [0.1, 0.15) is 13.3 Å². The van der Waals surface area contributed by atoms with E-state index in [4.69, 9.17) is 4.55 Å². The van der Waals surface area contributed by atoms with E-state index in [-0.39, 0.29) is 0 Å². The highest BCUT2D eigenvalue weighted by Crippen LogP contribution is 2.14. The molecule has 1 N–H and O–H groups in total. The first-order valence-electron chi connectivity index (χ1n) is 3.05. The van der Waals surface area contributed by atoms with E-state index in [0.717, 1.165) is 31.7 Å². The molecule has 0 spiro atoms. The van der Waals surface area contributed by atoms with E-state index in [0.29, 0.717) is 0 Å². The maximum atomic E-state index is 8.59. The molecule has 0 aromatic carbocycles. The molecule has 0 saturated heterocycles. The van der Waals surface area contributed by atoms with Gasteiger partial charge in [0.25, 0.3) is 0 Å². The van der Waals surface area contributed by atoms with Crippen LogP contribution in [-0.2, 0) is 0 Å². The minimum atomic E-state index is 0.837. The van der Waals surface area contributed by atoms with Gasteiger partial charge in [-0.1, -0.05) is 11.6 Å². The molecule has 52 valence electrons. The Hall–Kier alpha value is 0.01000. The van der Waals surface area contributed by atoms with Crippen molar-refractivity contribution in [3.05, 3.63) is 11.6 Å². The summed E-state index contributed by atoms with van der Waals surface area (Å²) in [5.74, 6) is 0. The number of rotatable bonds is 1. The van der Waals surface area contributed by atoms with Crippen molar-refractivity contribution in [2.45, 2.75) is 13.3 Å². The van der Waals surface area contributed by atoms with Crippen molar-refractivity contribution in [1.82, 2.24) is 4.31 Å². The molecule has 1 aliphatic rings. The maximum Gasteiger partial charge on any atom is 0.0793 e. The molecule has 0 amide bonds. The van der Waals surface area contributed by atoms with Crippen LogP contribution in [0.5, 0.6) is 0 Å². The highest BCUT2D eigenvalue weighted by molar-refractivity contribution is 7.91. The van der Waals surface area contributed by atoms with E-state index in [9.17, 15) is 0 Å². The monoisotopic (exact) mass is 145 g/mol. The zero-order valence-electron chi connectivity index (χ0n) is 5.50. The van der Waals surface area contributed by atoms with Crippen molar-refractivity contribution in [2.24, 2.45) is 0 Å². The lowest BCUT2D eigenvalue weighted by Gasteiger charge is -2.20. The molecule has 0 bridgehead atoms. The molecule has 0 aliphatic carbocycles. The predicted octanol–water partition coefficient (Wildman–Crippen LogP) is 1.76. The van der Waals surface area contributed by atoms with E-state index < -0.39 is 0 Å². The van der Waals surface area contributed by atoms with E-state index in [2.05, 4.69) is 13.0 Å². The van der Waals surface area contributed by atoms with Gasteiger partial charge in [-0.2, -0.15) is 0 Å². The third-order valence-electron chi connectivity index (χ3n) is 1.51. The standard InChI is InChI=1S/C6H11NOS/c1-6-2-4-7(9-8)5-3-6/h2,8H,3-5H2,1H3. The van der Waals surface area contributed by atoms with Crippen LogP contribution in [-0.4, -0.2) is 21.9 Å². The Bertz CT molecular complexity index is 124. The summed E-state index contributed by atoms with van der Waals surface area (Å²) in [5.41, 5.74) is 1.43. The second-order valence-corrected chi connectivity index (χ2v) is 2.95. The molecular weight excluding hydrogens is 134 g/mol. The van der Waals surface area contributed by atoms with E-state index >= 15 is 0 Å². The quantitative estimate of drug-likeness (QED) is 0.345. The lowest BCUT2D eigenvalue weighted by molar-refractivity contribution is 0.461. The van der Waals surface area contributed by atoms with Gasteiger partial charge in [0.2, 0.25) is 0 Å². The summed E-state index contributed by atoms with van der Waals surface area (Å²) in [7, 11) is 0. The van der Waals surface area contributed by atoms with Crippen LogP contribution < -0.4 is 0 Å². The fourth-order valence-corrected chi connectivity index (χ4v) is 1.14. The summed E-state index contributed by atoms with van der Waals surface area (Å²) in [6, 6.07) is 0. The second kappa shape index (κ2) is 3.25. The van der Waals surface area contributed by atoms with Crippen LogP contribution in [0, 0.1) is 0 Å². The van der Waals surface area contributed by atoms with Crippen LogP contribution in [0.2, 0.25) is 0 Å². The molecule has 1 rings (SSSR count). The Balaban J connectivity index is 2.36. The molecule has 0 radical (unpaired) electrons. The first-order valence-corrected chi connectivity index (χ1v) is 3.78. The molecule has 0 aromatic rings. The van der Waals surface area contributed by atoms with Crippen molar-refractivity contribution in [1.29, 1.82) is 0 Å². The summed E-state index contributed by atoms with van der Waals surface area (Å²) >= 11 is 0.837. The SMILES string of the molecule is CC1=CCN(SO)CC1. The Morgan fingerprint density at radius 1 is 1.78 bits per heavy atom. The average molecular weight is 145 g/mol. The van der Waals surface area contributed by atoms with Gasteiger partial charge in [-0.05, 0) is 13.3 Å². The molecule has 1 aliphatic heterocycles. The van der Waals surface area contributed by atoms with Gasteiger partial charge in [0.15, 0.2) is 0 Å². The van der Waals surface area contributed by atoms with Gasteiger partial charge < -0.3 is 4.55 Å². The minimum Gasteiger partial charge on any atom is -0.317 e. The van der Waals surface area contributed by atoms with Crippen molar-refractivity contribution in [2.75, 3.05) is 13.1 Å². The molecule has 0 saturated carbocycles. The molecule has 0 fully saturated rings. The third-order valence-corrected chi connectivity index (χ3v) is 2.08. The summed E-state index contributed by atoms with van der Waals surface area (Å²) in [6.07, 6.45) is 3.24. The van der Waals surface area contributed by atoms with E-state index in [1.807, 2.05) is 4.31 Å². The van der Waals surface area contributed by atoms with E-state index in [1.165, 1.54) is 5.57 Å². The van der Waals surface area contributed by atoms with Gasteiger partial charge in [0.1, 0.15) is 0 Å². The van der Waals surface area contributed by atoms with Gasteiger partial charge in [0, 0.05) is 13.1 Å². The lowest BCUT2D eigenvalue weighted by atomic mass is 10.1. The average Bonchev–Trinajstić information content (AvgIpc) is 1.90. The summed E-state index contributed by atoms with van der Waals surface area (Å²) in [4.78, 5) is 0. The van der Waals surface area contributed by atoms with Crippen LogP contribution in [0.15, 0.2) is 11.6 Å². The van der Waals surface area contributed by atoms with Gasteiger partial charge in [0.05, 0.1) is 12.2 Å². The normalized spacial score (nSPS) is 21.8. The van der Waals surface area contributed by atoms with Crippen LogP contribution in [0.4, 0.5) is 0 Å². The van der Waals surface area contributed by atoms with Gasteiger partial charge in [-0.3, -0.25) is 0 Å². The molecule has 0 unspecified atom stereocenters. The molecule has 1 heterocycles. The first kappa shape index (κ1) is 7.12. The van der Waals surface area contributed by atoms with E-state index in [1.54, 1.807) is 0 Å². The summed E-state index contributed by atoms with van der Waals surface area (Å²) < 4.78 is 10.5. The third kappa shape index (κ3) is 2.01. The zero-order chi connectivity index (χ0) is 6.69. The topological polar surface area (TPSA) is 23.5 Å². The largest absolute Gasteiger partial charge is 0.317 e. The van der Waals surface area contributed by atoms with Crippen molar-refractivity contribution in [3.63, 3.8) is 0 Å². The molecule has 3 heteroatoms. The lowest BCUT2D eigenvalue weighted by Crippen LogP contribution is -2.20. The van der Waals surface area contributed by atoms with Crippen LogP contribution in [0.3, 0.4) is 0 Å². The Labute approximate surface area is 59.9 Å². The maximum absolute atomic E-state index is 8.59. The highest BCUT2D eigenvalue weighted by atomic mass is 32.2. The fraction of sp³-hybridized carbons (Fsp3) is 0.667. The fourth-order valence-electron chi connectivity index (χ4n) is 0.826. The molecule has 0 aromatic heterocycles. The predicted molar refractivity (Wildman–Crippen MR) is 40.2 cm³/mol. The Kier molecular flexibility index (Phi) is 2.57. The number of nitrogens with zero attached hydrogens (tertiary/aromatic N) is 1. The van der Waals surface area contributed by atoms with Crippen molar-refractivity contribution >= 4 is 12.2 Å². The summed E-state index contributed by atoms with van der Waals surface area (Å²) in [6.45, 7) is 3.98. The number of hydrogen-bond acceptors (Lipinski definition) is 3. The minimum absolute atomic E-state index is 0.837. The van der Waals surface area contributed by atoms with Gasteiger partial charge >= 0.3 is 0 Å². The van der Waals surface area contributed by atoms with Gasteiger partial charge in [-0.15, -0.1) is 0 Å². The van der Waals surface area contributed by atoms with Crippen LogP contribution >= 0.6 is 12.2 Å². The first-order chi connectivity index (χ1) is 4.33. The van der Waals surface area contributed by atoms with Crippen molar-refractivity contribution < 1.29 is 4.55 Å². The summed E-state index contributed by atoms with van der Waals surface area (Å²) in [5, 5.41) is 0. The zero-order valence-corrected chi connectivity index (χ0v) is 6.32. The smallest absolute Gasteiger partial charge is 0.0793 e. The van der Waals surface area contributed by atoms with Crippen LogP contribution in [0.25, 0.3) is 0 Å².